The molecule has 0 aliphatic rings. The number of nitrogens with one attached hydrogen (secondary N) is 8. The minimum absolute atomic E-state index is 0.0292. The number of hydrogen-bond acceptors (Lipinski definition) is 10. The summed E-state index contributed by atoms with van der Waals surface area (Å²) in [6.07, 6.45) is 6.88. The van der Waals surface area contributed by atoms with Gasteiger partial charge in [-0.15, -0.1) is 0 Å². The first kappa shape index (κ1) is 48.0. The maximum Gasteiger partial charge on any atom is 0.251 e. The van der Waals surface area contributed by atoms with Crippen LogP contribution in [0.3, 0.4) is 0 Å². The Bertz CT molecular complexity index is 2870. The molecule has 0 unspecified atom stereocenters. The summed E-state index contributed by atoms with van der Waals surface area (Å²) in [6, 6.07) is 22.6. The second-order valence-corrected chi connectivity index (χ2v) is 18.1. The maximum absolute atomic E-state index is 12.7. The molecular formula is C51H62N14O4. The van der Waals surface area contributed by atoms with E-state index in [9.17, 15) is 19.2 Å². The third-order valence-electron chi connectivity index (χ3n) is 11.9. The Hall–Kier alpha value is -7.44. The van der Waals surface area contributed by atoms with Crippen LogP contribution in [0.25, 0.3) is 66.9 Å². The molecule has 360 valence electrons. The predicted octanol–water partition coefficient (Wildman–Crippen LogP) is 6.55. The molecule has 0 spiro atoms. The van der Waals surface area contributed by atoms with Crippen molar-refractivity contribution in [3.63, 3.8) is 0 Å². The Labute approximate surface area is 400 Å². The normalized spacial score (nSPS) is 11.7. The monoisotopic (exact) mass is 935 g/mol. The summed E-state index contributed by atoms with van der Waals surface area (Å²) >= 11 is 0. The summed E-state index contributed by atoms with van der Waals surface area (Å²) < 4.78 is 0. The van der Waals surface area contributed by atoms with Gasteiger partial charge < -0.3 is 51.0 Å². The molecule has 69 heavy (non-hydrogen) atoms. The number of H-pyrrole nitrogens is 4. The number of nitrogens with zero attached hydrogens (tertiary/aromatic N) is 6. The summed E-state index contributed by atoms with van der Waals surface area (Å²) in [5.74, 6) is 2.43. The van der Waals surface area contributed by atoms with Gasteiger partial charge in [-0.1, -0.05) is 19.3 Å². The molecule has 0 bridgehead atoms. The van der Waals surface area contributed by atoms with Gasteiger partial charge in [0.2, 0.25) is 11.8 Å². The molecule has 0 fully saturated rings. The molecule has 0 atom stereocenters. The van der Waals surface area contributed by atoms with Gasteiger partial charge in [-0.25, -0.2) is 19.9 Å². The first-order valence-corrected chi connectivity index (χ1v) is 23.8. The smallest absolute Gasteiger partial charge is 0.251 e. The number of amides is 4. The highest BCUT2D eigenvalue weighted by atomic mass is 16.2. The van der Waals surface area contributed by atoms with Crippen LogP contribution in [-0.4, -0.2) is 128 Å². The van der Waals surface area contributed by atoms with Crippen LogP contribution in [-0.2, 0) is 22.7 Å². The van der Waals surface area contributed by atoms with Crippen LogP contribution < -0.4 is 21.3 Å². The molecular weight excluding hydrogens is 873 g/mol. The molecule has 8 N–H and O–H groups in total. The molecule has 0 saturated carbocycles. The highest BCUT2D eigenvalue weighted by Gasteiger charge is 2.15. The molecule has 8 rings (SSSR count). The molecule has 4 heterocycles. The largest absolute Gasteiger partial charge is 0.352 e. The predicted molar refractivity (Wildman–Crippen MR) is 269 cm³/mol. The first-order valence-electron chi connectivity index (χ1n) is 23.8. The molecule has 0 radical (unpaired) electrons. The number of fused-ring (bicyclic) bond motifs is 4. The highest BCUT2D eigenvalue weighted by Crippen LogP contribution is 2.26. The van der Waals surface area contributed by atoms with Crippen molar-refractivity contribution in [2.45, 2.75) is 70.9 Å². The van der Waals surface area contributed by atoms with Crippen LogP contribution in [0.1, 0.15) is 90.2 Å². The fraction of sp³-hybridized carbons (Fsp3) is 0.373. The Morgan fingerprint density at radius 2 is 0.841 bits per heavy atom. The zero-order chi connectivity index (χ0) is 48.3. The van der Waals surface area contributed by atoms with E-state index >= 15 is 0 Å². The van der Waals surface area contributed by atoms with Crippen LogP contribution in [0.2, 0.25) is 0 Å². The summed E-state index contributed by atoms with van der Waals surface area (Å²) in [5, 5.41) is 11.9. The lowest BCUT2D eigenvalue weighted by Crippen LogP contribution is -2.27. The summed E-state index contributed by atoms with van der Waals surface area (Å²) in [5.41, 5.74) is 9.25. The van der Waals surface area contributed by atoms with Gasteiger partial charge in [0.1, 0.15) is 23.3 Å². The van der Waals surface area contributed by atoms with E-state index in [4.69, 9.17) is 9.97 Å². The Morgan fingerprint density at radius 3 is 1.28 bits per heavy atom. The van der Waals surface area contributed by atoms with E-state index in [-0.39, 0.29) is 23.6 Å². The Balaban J connectivity index is 0.708. The van der Waals surface area contributed by atoms with Crippen molar-refractivity contribution in [1.29, 1.82) is 0 Å². The number of benzene rings is 4. The van der Waals surface area contributed by atoms with Gasteiger partial charge in [0.15, 0.2) is 0 Å². The number of rotatable bonds is 24. The van der Waals surface area contributed by atoms with Gasteiger partial charge in [0, 0.05) is 48.2 Å². The SMILES string of the molecule is CN(C)CCCNC(=O)c1ccc2nc(-c3ccc4nc(CNC(=O)CCCCCCCC(=O)NCc5nc6ccc(-c7nc8ccc(C(=O)NCCCN(C)C)cc8[nH]7)cc6[nH]5)[nH]c4c3)[nH]c2c1. The molecule has 0 aliphatic carbocycles. The van der Waals surface area contributed by atoms with Gasteiger partial charge in [-0.3, -0.25) is 19.2 Å². The quantitative estimate of drug-likeness (QED) is 0.0304. The molecule has 4 amide bonds. The van der Waals surface area contributed by atoms with Crippen LogP contribution >= 0.6 is 0 Å². The Morgan fingerprint density at radius 1 is 0.449 bits per heavy atom. The van der Waals surface area contributed by atoms with Gasteiger partial charge in [0.05, 0.1) is 57.2 Å². The van der Waals surface area contributed by atoms with Gasteiger partial charge in [-0.2, -0.15) is 0 Å². The lowest BCUT2D eigenvalue weighted by atomic mass is 10.1. The number of imidazole rings is 4. The standard InChI is InChI=1S/C51H62N14O4/c1-64(2)24-10-22-52-50(68)34-16-20-38-42(28-34)62-48(60-38)32-14-18-36-40(26-32)58-44(56-36)30-54-46(66)12-8-6-5-7-9-13-47(67)55-31-45-57-37-19-15-33(27-41(37)59-45)49-61-39-21-17-35(29-43(39)63-49)51(69)53-23-11-25-65(3)4/h14-21,26-29H,5-13,22-25,30-31H2,1-4H3,(H,52,68)(H,53,69)(H,54,66)(H,55,67)(H,56,58)(H,57,59)(H,60,62)(H,61,63). The van der Waals surface area contributed by atoms with Gasteiger partial charge in [-0.05, 0) is 140 Å². The number of carbonyl (C=O) groups excluding carboxylic acids is 4. The van der Waals surface area contributed by atoms with Crippen molar-refractivity contribution >= 4 is 67.8 Å². The van der Waals surface area contributed by atoms with Crippen molar-refractivity contribution in [3.8, 4) is 22.8 Å². The van der Waals surface area contributed by atoms with Crippen molar-refractivity contribution < 1.29 is 19.2 Å². The van der Waals surface area contributed by atoms with Crippen LogP contribution in [0, 0.1) is 0 Å². The average Bonchev–Trinajstić information content (AvgIpc) is 4.15. The number of aromatic nitrogens is 8. The zero-order valence-electron chi connectivity index (χ0n) is 39.9. The molecule has 0 aliphatic heterocycles. The maximum atomic E-state index is 12.7. The third kappa shape index (κ3) is 13.0. The molecule has 8 aromatic rings. The molecule has 18 heteroatoms. The van der Waals surface area contributed by atoms with Gasteiger partial charge in [0.25, 0.3) is 11.8 Å². The highest BCUT2D eigenvalue weighted by molar-refractivity contribution is 5.99. The van der Waals surface area contributed by atoms with Crippen molar-refractivity contribution in [2.75, 3.05) is 54.4 Å². The number of aromatic amines is 4. The summed E-state index contributed by atoms with van der Waals surface area (Å²) in [6.45, 7) is 3.63. The third-order valence-corrected chi connectivity index (χ3v) is 11.9. The second kappa shape index (κ2) is 22.6. The van der Waals surface area contributed by atoms with Crippen molar-refractivity contribution in [3.05, 3.63) is 95.6 Å². The first-order chi connectivity index (χ1) is 33.4. The van der Waals surface area contributed by atoms with E-state index < -0.39 is 0 Å². The number of unbranched alkanes of at least 4 members (excludes halogenated alkanes) is 4. The fourth-order valence-electron chi connectivity index (χ4n) is 8.20. The number of hydrogen-bond donors (Lipinski definition) is 8. The van der Waals surface area contributed by atoms with Crippen LogP contribution in [0.15, 0.2) is 72.8 Å². The minimum Gasteiger partial charge on any atom is -0.352 e. The molecule has 0 saturated heterocycles. The Kier molecular flexibility index (Phi) is 15.7. The lowest BCUT2D eigenvalue weighted by Gasteiger charge is -2.09. The number of carbonyl (C=O) groups is 4. The van der Waals surface area contributed by atoms with Crippen molar-refractivity contribution in [1.82, 2.24) is 70.9 Å². The van der Waals surface area contributed by atoms with E-state index in [1.165, 1.54) is 0 Å². The molecule has 4 aromatic heterocycles. The lowest BCUT2D eigenvalue weighted by molar-refractivity contribution is -0.122. The summed E-state index contributed by atoms with van der Waals surface area (Å²) in [7, 11) is 8.05. The van der Waals surface area contributed by atoms with E-state index in [1.54, 1.807) is 12.1 Å². The minimum atomic E-state index is -0.109. The topological polar surface area (TPSA) is 238 Å². The van der Waals surface area contributed by atoms with Gasteiger partial charge >= 0.3 is 0 Å². The average molecular weight is 935 g/mol. The van der Waals surface area contributed by atoms with E-state index in [0.717, 1.165) is 113 Å². The van der Waals surface area contributed by atoms with E-state index in [0.29, 0.717) is 73.4 Å². The fourth-order valence-corrected chi connectivity index (χ4v) is 8.20. The van der Waals surface area contributed by atoms with E-state index in [2.05, 4.69) is 61.0 Å². The molecule has 18 nitrogen and oxygen atoms in total. The zero-order valence-corrected chi connectivity index (χ0v) is 39.9. The summed E-state index contributed by atoms with van der Waals surface area (Å²) in [4.78, 5) is 87.0. The van der Waals surface area contributed by atoms with Crippen molar-refractivity contribution in [2.24, 2.45) is 0 Å². The van der Waals surface area contributed by atoms with Crippen LogP contribution in [0.4, 0.5) is 0 Å². The van der Waals surface area contributed by atoms with E-state index in [1.807, 2.05) is 88.9 Å². The molecule has 4 aromatic carbocycles. The van der Waals surface area contributed by atoms with Crippen LogP contribution in [0.5, 0.6) is 0 Å². The second-order valence-electron chi connectivity index (χ2n) is 18.1.